The number of hydrogen-bond acceptors (Lipinski definition) is 4. The minimum Gasteiger partial charge on any atom is -0.381 e. The van der Waals surface area contributed by atoms with Crippen LogP contribution in [-0.4, -0.2) is 76.1 Å². The highest BCUT2D eigenvalue weighted by Crippen LogP contribution is 2.20. The average molecular weight is 393 g/mol. The van der Waals surface area contributed by atoms with Crippen molar-refractivity contribution in [1.29, 1.82) is 0 Å². The summed E-state index contributed by atoms with van der Waals surface area (Å²) in [6.07, 6.45) is 3.26. The maximum Gasteiger partial charge on any atom is 0.194 e. The van der Waals surface area contributed by atoms with Gasteiger partial charge in [-0.15, -0.1) is 0 Å². The number of rotatable bonds is 7. The van der Waals surface area contributed by atoms with Crippen LogP contribution in [0.25, 0.3) is 0 Å². The molecule has 2 fully saturated rings. The quantitative estimate of drug-likeness (QED) is 0.439. The molecule has 2 aliphatic heterocycles. The highest BCUT2D eigenvalue weighted by Gasteiger charge is 2.21. The zero-order valence-electron chi connectivity index (χ0n) is 16.9. The molecular formula is C21H33FN4O2. The number of ether oxygens (including phenoxy) is 2. The van der Waals surface area contributed by atoms with E-state index in [1.54, 1.807) is 6.07 Å². The molecule has 0 radical (unpaired) electrons. The van der Waals surface area contributed by atoms with E-state index in [4.69, 9.17) is 14.5 Å². The lowest BCUT2D eigenvalue weighted by Gasteiger charge is -2.37. The van der Waals surface area contributed by atoms with Crippen LogP contribution >= 0.6 is 0 Å². The van der Waals surface area contributed by atoms with Crippen molar-refractivity contribution in [3.8, 4) is 0 Å². The van der Waals surface area contributed by atoms with Gasteiger partial charge in [-0.1, -0.05) is 12.1 Å². The second-order valence-electron chi connectivity index (χ2n) is 7.20. The maximum absolute atomic E-state index is 14.0. The highest BCUT2D eigenvalue weighted by atomic mass is 19.1. The fraction of sp³-hybridized carbons (Fsp3) is 0.667. The third-order valence-electron chi connectivity index (χ3n) is 5.19. The molecule has 0 amide bonds. The number of aliphatic imine (C=N–C) groups is 1. The van der Waals surface area contributed by atoms with Crippen LogP contribution in [0.3, 0.4) is 0 Å². The summed E-state index contributed by atoms with van der Waals surface area (Å²) >= 11 is 0. The third kappa shape index (κ3) is 6.07. The Hall–Kier alpha value is -1.86. The molecule has 0 aromatic heterocycles. The monoisotopic (exact) mass is 392 g/mol. The van der Waals surface area contributed by atoms with Crippen molar-refractivity contribution in [2.24, 2.45) is 4.99 Å². The molecule has 0 atom stereocenters. The summed E-state index contributed by atoms with van der Waals surface area (Å²) in [7, 11) is 0. The van der Waals surface area contributed by atoms with Gasteiger partial charge in [0.25, 0.3) is 0 Å². The number of anilines is 1. The topological polar surface area (TPSA) is 49.3 Å². The van der Waals surface area contributed by atoms with Crippen LogP contribution in [0.4, 0.5) is 10.1 Å². The lowest BCUT2D eigenvalue weighted by Crippen LogP contribution is -2.52. The summed E-state index contributed by atoms with van der Waals surface area (Å²) in [6, 6.07) is 6.99. The lowest BCUT2D eigenvalue weighted by molar-refractivity contribution is -0.0318. The summed E-state index contributed by atoms with van der Waals surface area (Å²) in [5, 5.41) is 3.38. The van der Waals surface area contributed by atoms with E-state index >= 15 is 0 Å². The first-order valence-electron chi connectivity index (χ1n) is 10.5. The van der Waals surface area contributed by atoms with Crippen LogP contribution < -0.4 is 10.2 Å². The van der Waals surface area contributed by atoms with Gasteiger partial charge in [-0.3, -0.25) is 4.99 Å². The largest absolute Gasteiger partial charge is 0.381 e. The molecule has 1 aromatic rings. The van der Waals surface area contributed by atoms with E-state index in [1.165, 1.54) is 6.07 Å². The number of para-hydroxylation sites is 1. The van der Waals surface area contributed by atoms with Gasteiger partial charge in [0.2, 0.25) is 0 Å². The molecule has 6 nitrogen and oxygen atoms in total. The van der Waals surface area contributed by atoms with Gasteiger partial charge in [0.1, 0.15) is 5.82 Å². The van der Waals surface area contributed by atoms with Crippen molar-refractivity contribution in [3.05, 3.63) is 30.1 Å². The molecule has 156 valence electrons. The second kappa shape index (κ2) is 11.2. The van der Waals surface area contributed by atoms with Gasteiger partial charge >= 0.3 is 0 Å². The van der Waals surface area contributed by atoms with Crippen LogP contribution in [-0.2, 0) is 9.47 Å². The molecule has 2 aliphatic rings. The van der Waals surface area contributed by atoms with Gasteiger partial charge in [0, 0.05) is 59.1 Å². The van der Waals surface area contributed by atoms with Gasteiger partial charge in [-0.05, 0) is 38.3 Å². The Morgan fingerprint density at radius 2 is 1.96 bits per heavy atom. The average Bonchev–Trinajstić information content (AvgIpc) is 2.74. The summed E-state index contributed by atoms with van der Waals surface area (Å²) in [5.74, 6) is 0.794. The number of hydrogen-bond donors (Lipinski definition) is 1. The van der Waals surface area contributed by atoms with Crippen LogP contribution in [0.2, 0.25) is 0 Å². The molecule has 2 heterocycles. The van der Waals surface area contributed by atoms with E-state index in [0.717, 1.165) is 84.3 Å². The first kappa shape index (κ1) is 20.9. The predicted molar refractivity (Wildman–Crippen MR) is 111 cm³/mol. The van der Waals surface area contributed by atoms with Crippen LogP contribution in [0.1, 0.15) is 26.2 Å². The first-order chi connectivity index (χ1) is 13.8. The van der Waals surface area contributed by atoms with Crippen molar-refractivity contribution in [2.75, 3.05) is 64.0 Å². The molecular weight excluding hydrogens is 359 g/mol. The van der Waals surface area contributed by atoms with Crippen LogP contribution in [0.5, 0.6) is 0 Å². The van der Waals surface area contributed by atoms with Crippen molar-refractivity contribution >= 4 is 11.6 Å². The number of benzene rings is 1. The van der Waals surface area contributed by atoms with E-state index in [2.05, 4.69) is 22.0 Å². The van der Waals surface area contributed by atoms with Crippen molar-refractivity contribution in [2.45, 2.75) is 32.3 Å². The Labute approximate surface area is 167 Å². The van der Waals surface area contributed by atoms with Crippen molar-refractivity contribution in [3.63, 3.8) is 0 Å². The Bertz CT molecular complexity index is 614. The Balaban J connectivity index is 1.43. The molecule has 7 heteroatoms. The normalized spacial score (nSPS) is 19.1. The molecule has 2 saturated heterocycles. The third-order valence-corrected chi connectivity index (χ3v) is 5.19. The number of nitrogens with one attached hydrogen (secondary N) is 1. The minimum atomic E-state index is -0.152. The minimum absolute atomic E-state index is 0.152. The molecule has 0 unspecified atom stereocenters. The van der Waals surface area contributed by atoms with Crippen LogP contribution in [0, 0.1) is 5.82 Å². The second-order valence-corrected chi connectivity index (χ2v) is 7.20. The maximum atomic E-state index is 14.0. The Morgan fingerprint density at radius 1 is 1.21 bits per heavy atom. The number of halogens is 1. The lowest BCUT2D eigenvalue weighted by atomic mass is 10.1. The number of nitrogens with zero attached hydrogens (tertiary/aromatic N) is 3. The summed E-state index contributed by atoms with van der Waals surface area (Å²) in [5.41, 5.74) is 0.689. The smallest absolute Gasteiger partial charge is 0.194 e. The number of piperazine rings is 1. The van der Waals surface area contributed by atoms with Crippen molar-refractivity contribution < 1.29 is 13.9 Å². The summed E-state index contributed by atoms with van der Waals surface area (Å²) in [4.78, 5) is 9.14. The van der Waals surface area contributed by atoms with E-state index in [0.29, 0.717) is 11.8 Å². The molecule has 0 bridgehead atoms. The zero-order valence-corrected chi connectivity index (χ0v) is 16.9. The number of guanidine groups is 1. The van der Waals surface area contributed by atoms with Gasteiger partial charge in [0.15, 0.2) is 5.96 Å². The summed E-state index contributed by atoms with van der Waals surface area (Å²) < 4.78 is 25.3. The molecule has 3 rings (SSSR count). The van der Waals surface area contributed by atoms with Gasteiger partial charge in [-0.25, -0.2) is 4.39 Å². The van der Waals surface area contributed by atoms with E-state index < -0.39 is 0 Å². The van der Waals surface area contributed by atoms with Gasteiger partial charge in [-0.2, -0.15) is 0 Å². The SMILES string of the molecule is CCNC(=NCCCOC1CCOCC1)N1CCN(c2ccccc2F)CC1. The Morgan fingerprint density at radius 3 is 2.68 bits per heavy atom. The molecule has 1 N–H and O–H groups in total. The van der Waals surface area contributed by atoms with Crippen molar-refractivity contribution in [1.82, 2.24) is 10.2 Å². The fourth-order valence-electron chi connectivity index (χ4n) is 3.64. The standard InChI is InChI=1S/C21H33FN4O2/c1-2-23-21(24-10-5-15-28-18-8-16-27-17-9-18)26-13-11-25(12-14-26)20-7-4-3-6-19(20)22/h3-4,6-7,18H,2,5,8-17H2,1H3,(H,23,24). The molecule has 0 saturated carbocycles. The van der Waals surface area contributed by atoms with Gasteiger partial charge in [0.05, 0.1) is 11.8 Å². The molecule has 1 aromatic carbocycles. The van der Waals surface area contributed by atoms with E-state index in [-0.39, 0.29) is 5.82 Å². The predicted octanol–water partition coefficient (Wildman–Crippen LogP) is 2.50. The molecule has 0 aliphatic carbocycles. The molecule has 28 heavy (non-hydrogen) atoms. The fourth-order valence-corrected chi connectivity index (χ4v) is 3.64. The highest BCUT2D eigenvalue weighted by molar-refractivity contribution is 5.80. The zero-order chi connectivity index (χ0) is 19.6. The molecule has 0 spiro atoms. The first-order valence-corrected chi connectivity index (χ1v) is 10.5. The van der Waals surface area contributed by atoms with E-state index in [9.17, 15) is 4.39 Å². The Kier molecular flexibility index (Phi) is 8.36. The van der Waals surface area contributed by atoms with Crippen LogP contribution in [0.15, 0.2) is 29.3 Å². The van der Waals surface area contributed by atoms with Gasteiger partial charge < -0.3 is 24.6 Å². The van der Waals surface area contributed by atoms with E-state index in [1.807, 2.05) is 12.1 Å². The summed E-state index contributed by atoms with van der Waals surface area (Å²) in [6.45, 7) is 9.28.